The van der Waals surface area contributed by atoms with E-state index in [0.717, 1.165) is 6.42 Å². The molecule has 12 heavy (non-hydrogen) atoms. The molecule has 0 radical (unpaired) electrons. The minimum Gasteiger partial charge on any atom is -0.383 e. The summed E-state index contributed by atoms with van der Waals surface area (Å²) in [5.41, 5.74) is 0. The summed E-state index contributed by atoms with van der Waals surface area (Å²) in [6.07, 6.45) is 0.913. The van der Waals surface area contributed by atoms with Crippen LogP contribution in [-0.4, -0.2) is 32.3 Å². The molecule has 0 unspecified atom stereocenters. The average Bonchev–Trinajstić information content (AvgIpc) is 1.85. The van der Waals surface area contributed by atoms with Crippen LogP contribution in [0.2, 0.25) is 0 Å². The van der Waals surface area contributed by atoms with E-state index in [0.29, 0.717) is 19.1 Å². The van der Waals surface area contributed by atoms with Gasteiger partial charge in [-0.3, -0.25) is 0 Å². The first-order chi connectivity index (χ1) is 5.54. The van der Waals surface area contributed by atoms with Crippen LogP contribution in [0.4, 0.5) is 0 Å². The average molecular weight is 195 g/mol. The Morgan fingerprint density at radius 3 is 1.83 bits per heavy atom. The zero-order chi connectivity index (χ0) is 9.61. The summed E-state index contributed by atoms with van der Waals surface area (Å²) in [5, 5.41) is 0. The monoisotopic (exact) mass is 194 g/mol. The quantitative estimate of drug-likeness (QED) is 0.605. The highest BCUT2D eigenvalue weighted by Crippen LogP contribution is 2.25. The van der Waals surface area contributed by atoms with E-state index < -0.39 is 0 Å². The smallest absolute Gasteiger partial charge is 0.0913 e. The molecule has 0 aromatic carbocycles. The van der Waals surface area contributed by atoms with Crippen molar-refractivity contribution in [3.8, 4) is 0 Å². The molecule has 0 bridgehead atoms. The van der Waals surface area contributed by atoms with Gasteiger partial charge in [-0.05, 0) is 12.3 Å². The number of hydrogen-bond acceptors (Lipinski definition) is 2. The predicted octanol–water partition coefficient (Wildman–Crippen LogP) is 2.30. The Labute approximate surface area is 80.2 Å². The van der Waals surface area contributed by atoms with Gasteiger partial charge in [-0.1, -0.05) is 13.8 Å². The molecule has 0 atom stereocenters. The molecular formula is C9H19ClO2. The van der Waals surface area contributed by atoms with Gasteiger partial charge < -0.3 is 9.47 Å². The van der Waals surface area contributed by atoms with Crippen LogP contribution < -0.4 is 0 Å². The fourth-order valence-corrected chi connectivity index (χ4v) is 1.94. The Morgan fingerprint density at radius 2 is 1.58 bits per heavy atom. The number of rotatable bonds is 6. The summed E-state index contributed by atoms with van der Waals surface area (Å²) >= 11 is 6.28. The summed E-state index contributed by atoms with van der Waals surface area (Å²) in [4.78, 5) is -0.350. The van der Waals surface area contributed by atoms with Crippen molar-refractivity contribution in [1.29, 1.82) is 0 Å². The van der Waals surface area contributed by atoms with Gasteiger partial charge in [0.2, 0.25) is 0 Å². The maximum atomic E-state index is 6.28. The van der Waals surface area contributed by atoms with Gasteiger partial charge in [0, 0.05) is 14.2 Å². The number of alkyl halides is 1. The van der Waals surface area contributed by atoms with Crippen molar-refractivity contribution in [1.82, 2.24) is 0 Å². The molecule has 0 heterocycles. The summed E-state index contributed by atoms with van der Waals surface area (Å²) in [5.74, 6) is 0.563. The molecule has 0 amide bonds. The van der Waals surface area contributed by atoms with Gasteiger partial charge in [-0.25, -0.2) is 0 Å². The van der Waals surface area contributed by atoms with Crippen LogP contribution in [0.1, 0.15) is 20.3 Å². The Kier molecular flexibility index (Phi) is 5.89. The minimum absolute atomic E-state index is 0.350. The van der Waals surface area contributed by atoms with Gasteiger partial charge in [0.05, 0.1) is 18.1 Å². The third kappa shape index (κ3) is 4.96. The van der Waals surface area contributed by atoms with Crippen LogP contribution in [0, 0.1) is 5.92 Å². The molecule has 0 rings (SSSR count). The van der Waals surface area contributed by atoms with Crippen LogP contribution in [0.5, 0.6) is 0 Å². The zero-order valence-corrected chi connectivity index (χ0v) is 9.15. The lowest BCUT2D eigenvalue weighted by atomic mass is 9.98. The first kappa shape index (κ1) is 12.2. The zero-order valence-electron chi connectivity index (χ0n) is 8.39. The van der Waals surface area contributed by atoms with Crippen molar-refractivity contribution in [3.05, 3.63) is 0 Å². The number of ether oxygens (including phenoxy) is 2. The molecule has 3 heteroatoms. The van der Waals surface area contributed by atoms with Gasteiger partial charge in [0.25, 0.3) is 0 Å². The highest BCUT2D eigenvalue weighted by atomic mass is 35.5. The van der Waals surface area contributed by atoms with Crippen LogP contribution in [-0.2, 0) is 9.47 Å². The first-order valence-electron chi connectivity index (χ1n) is 4.21. The summed E-state index contributed by atoms with van der Waals surface area (Å²) < 4.78 is 10.1. The fraction of sp³-hybridized carbons (Fsp3) is 1.00. The van der Waals surface area contributed by atoms with E-state index in [1.54, 1.807) is 14.2 Å². The molecule has 74 valence electrons. The highest BCUT2D eigenvalue weighted by molar-refractivity contribution is 6.24. The Morgan fingerprint density at radius 1 is 1.17 bits per heavy atom. The lowest BCUT2D eigenvalue weighted by Crippen LogP contribution is -2.34. The standard InChI is InChI=1S/C9H19ClO2/c1-8(2)5-9(10,6-11-3)7-12-4/h8H,5-7H2,1-4H3. The largest absolute Gasteiger partial charge is 0.383 e. The molecule has 0 saturated carbocycles. The molecule has 0 saturated heterocycles. The lowest BCUT2D eigenvalue weighted by Gasteiger charge is -2.26. The Hall–Kier alpha value is 0.210. The summed E-state index contributed by atoms with van der Waals surface area (Å²) in [6, 6.07) is 0. The van der Waals surface area contributed by atoms with Crippen LogP contribution in [0.15, 0.2) is 0 Å². The molecular weight excluding hydrogens is 176 g/mol. The molecule has 2 nitrogen and oxygen atoms in total. The van der Waals surface area contributed by atoms with Crippen LogP contribution in [0.3, 0.4) is 0 Å². The van der Waals surface area contributed by atoms with Crippen molar-refractivity contribution >= 4 is 11.6 Å². The molecule has 0 aromatic rings. The van der Waals surface area contributed by atoms with E-state index >= 15 is 0 Å². The van der Waals surface area contributed by atoms with Gasteiger partial charge >= 0.3 is 0 Å². The minimum atomic E-state index is -0.350. The maximum absolute atomic E-state index is 6.28. The first-order valence-corrected chi connectivity index (χ1v) is 4.58. The van der Waals surface area contributed by atoms with Crippen LogP contribution in [0.25, 0.3) is 0 Å². The second-order valence-electron chi connectivity index (χ2n) is 3.61. The van der Waals surface area contributed by atoms with Crippen molar-refractivity contribution in [3.63, 3.8) is 0 Å². The van der Waals surface area contributed by atoms with Crippen LogP contribution >= 0.6 is 11.6 Å². The van der Waals surface area contributed by atoms with E-state index in [1.807, 2.05) is 0 Å². The molecule has 0 fully saturated rings. The van der Waals surface area contributed by atoms with Gasteiger partial charge in [-0.15, -0.1) is 11.6 Å². The van der Waals surface area contributed by atoms with Crippen molar-refractivity contribution in [2.75, 3.05) is 27.4 Å². The molecule has 0 aliphatic rings. The second-order valence-corrected chi connectivity index (χ2v) is 4.42. The fourth-order valence-electron chi connectivity index (χ4n) is 1.41. The number of hydrogen-bond donors (Lipinski definition) is 0. The Bertz CT molecular complexity index is 109. The van der Waals surface area contributed by atoms with E-state index in [-0.39, 0.29) is 4.87 Å². The van der Waals surface area contributed by atoms with E-state index in [1.165, 1.54) is 0 Å². The van der Waals surface area contributed by atoms with E-state index in [9.17, 15) is 0 Å². The lowest BCUT2D eigenvalue weighted by molar-refractivity contribution is 0.0896. The molecule has 0 spiro atoms. The molecule has 0 aliphatic carbocycles. The van der Waals surface area contributed by atoms with Crippen molar-refractivity contribution < 1.29 is 9.47 Å². The van der Waals surface area contributed by atoms with E-state index in [2.05, 4.69) is 13.8 Å². The third-order valence-electron chi connectivity index (χ3n) is 1.58. The number of halogens is 1. The second kappa shape index (κ2) is 5.79. The topological polar surface area (TPSA) is 18.5 Å². The third-order valence-corrected chi connectivity index (χ3v) is 1.95. The van der Waals surface area contributed by atoms with Gasteiger partial charge in [0.15, 0.2) is 0 Å². The summed E-state index contributed by atoms with van der Waals surface area (Å²) in [6.45, 7) is 5.37. The number of methoxy groups -OCH3 is 2. The molecule has 0 aliphatic heterocycles. The maximum Gasteiger partial charge on any atom is 0.0913 e. The predicted molar refractivity (Wildman–Crippen MR) is 51.8 cm³/mol. The highest BCUT2D eigenvalue weighted by Gasteiger charge is 2.28. The Balaban J connectivity index is 3.98. The van der Waals surface area contributed by atoms with E-state index in [4.69, 9.17) is 21.1 Å². The van der Waals surface area contributed by atoms with Crippen molar-refractivity contribution in [2.45, 2.75) is 25.1 Å². The molecule has 0 N–H and O–H groups in total. The SMILES string of the molecule is COCC(Cl)(COC)CC(C)C. The summed E-state index contributed by atoms with van der Waals surface area (Å²) in [7, 11) is 3.32. The molecule has 0 aromatic heterocycles. The van der Waals surface area contributed by atoms with Gasteiger partial charge in [0.1, 0.15) is 0 Å². The van der Waals surface area contributed by atoms with Crippen molar-refractivity contribution in [2.24, 2.45) is 5.92 Å². The van der Waals surface area contributed by atoms with Gasteiger partial charge in [-0.2, -0.15) is 0 Å². The normalized spacial score (nSPS) is 12.5.